The predicted molar refractivity (Wildman–Crippen MR) is 127 cm³/mol. The zero-order chi connectivity index (χ0) is 21.0. The van der Waals surface area contributed by atoms with E-state index in [2.05, 4.69) is 29.2 Å². The van der Waals surface area contributed by atoms with Crippen molar-refractivity contribution in [2.45, 2.75) is 30.4 Å². The van der Waals surface area contributed by atoms with Gasteiger partial charge in [-0.15, -0.1) is 23.1 Å². The van der Waals surface area contributed by atoms with Gasteiger partial charge in [0.05, 0.1) is 28.4 Å². The van der Waals surface area contributed by atoms with Crippen molar-refractivity contribution in [2.24, 2.45) is 0 Å². The number of carbonyl (C=O) groups is 1. The van der Waals surface area contributed by atoms with E-state index < -0.39 is 0 Å². The zero-order valence-corrected chi connectivity index (χ0v) is 19.2. The number of amides is 1. The standard InChI is InChI=1S/C24H27N3O2S2/c28-24(19-7-1-3-9-21(19)30-17-18-6-5-15-29-18)27-13-11-26(12-14-27)16-23-25-20-8-2-4-10-22(20)31-23/h1-4,7-10,18H,5-6,11-17H2. The van der Waals surface area contributed by atoms with E-state index in [1.54, 1.807) is 23.1 Å². The molecule has 0 aliphatic carbocycles. The van der Waals surface area contributed by atoms with Gasteiger partial charge in [0.25, 0.3) is 5.91 Å². The minimum Gasteiger partial charge on any atom is -0.377 e. The first-order valence-corrected chi connectivity index (χ1v) is 12.8. The Bertz CT molecular complexity index is 1010. The lowest BCUT2D eigenvalue weighted by Crippen LogP contribution is -2.48. The molecular weight excluding hydrogens is 426 g/mol. The Hall–Kier alpha value is -1.93. The van der Waals surface area contributed by atoms with Crippen LogP contribution in [0.1, 0.15) is 28.2 Å². The molecule has 0 N–H and O–H groups in total. The van der Waals surface area contributed by atoms with Crippen LogP contribution in [0.15, 0.2) is 53.4 Å². The lowest BCUT2D eigenvalue weighted by Gasteiger charge is -2.34. The Labute approximate surface area is 191 Å². The van der Waals surface area contributed by atoms with Crippen LogP contribution in [-0.4, -0.2) is 65.3 Å². The molecule has 1 aromatic heterocycles. The number of thiazole rings is 1. The fourth-order valence-electron chi connectivity index (χ4n) is 4.19. The van der Waals surface area contributed by atoms with Crippen molar-refractivity contribution >= 4 is 39.2 Å². The number of fused-ring (bicyclic) bond motifs is 1. The van der Waals surface area contributed by atoms with Crippen molar-refractivity contribution in [2.75, 3.05) is 38.5 Å². The number of rotatable bonds is 6. The fourth-order valence-corrected chi connectivity index (χ4v) is 6.31. The van der Waals surface area contributed by atoms with Gasteiger partial charge < -0.3 is 9.64 Å². The van der Waals surface area contributed by atoms with Crippen LogP contribution in [0.2, 0.25) is 0 Å². The average molecular weight is 454 g/mol. The van der Waals surface area contributed by atoms with Crippen LogP contribution in [0.3, 0.4) is 0 Å². The zero-order valence-electron chi connectivity index (χ0n) is 17.5. The summed E-state index contributed by atoms with van der Waals surface area (Å²) >= 11 is 3.52. The van der Waals surface area contributed by atoms with Gasteiger partial charge in [0, 0.05) is 43.4 Å². The molecule has 2 aliphatic heterocycles. The van der Waals surface area contributed by atoms with Gasteiger partial charge in [-0.25, -0.2) is 4.98 Å². The van der Waals surface area contributed by atoms with Gasteiger partial charge in [-0.3, -0.25) is 9.69 Å². The van der Waals surface area contributed by atoms with Crippen molar-refractivity contribution < 1.29 is 9.53 Å². The first kappa shape index (κ1) is 20.9. The molecule has 2 aromatic carbocycles. The summed E-state index contributed by atoms with van der Waals surface area (Å²) in [5.74, 6) is 1.07. The van der Waals surface area contributed by atoms with Gasteiger partial charge in [0.1, 0.15) is 5.01 Å². The molecule has 5 nitrogen and oxygen atoms in total. The SMILES string of the molecule is O=C(c1ccccc1SCC1CCCO1)N1CCN(Cc2nc3ccccc3s2)CC1. The highest BCUT2D eigenvalue weighted by Crippen LogP contribution is 2.28. The smallest absolute Gasteiger partial charge is 0.255 e. The number of ether oxygens (including phenoxy) is 1. The number of hydrogen-bond acceptors (Lipinski definition) is 6. The van der Waals surface area contributed by atoms with Gasteiger partial charge in [-0.05, 0) is 37.1 Å². The van der Waals surface area contributed by atoms with Gasteiger partial charge in [0.15, 0.2) is 0 Å². The van der Waals surface area contributed by atoms with Crippen molar-refractivity contribution in [1.82, 2.24) is 14.8 Å². The summed E-state index contributed by atoms with van der Waals surface area (Å²) in [6.07, 6.45) is 2.59. The molecule has 0 bridgehead atoms. The molecule has 5 rings (SSSR count). The Morgan fingerprint density at radius 3 is 2.71 bits per heavy atom. The topological polar surface area (TPSA) is 45.7 Å². The molecule has 3 aromatic rings. The van der Waals surface area contributed by atoms with Gasteiger partial charge >= 0.3 is 0 Å². The minimum atomic E-state index is 0.148. The number of nitrogens with zero attached hydrogens (tertiary/aromatic N) is 3. The Morgan fingerprint density at radius 2 is 1.90 bits per heavy atom. The minimum absolute atomic E-state index is 0.148. The second kappa shape index (κ2) is 9.69. The molecule has 2 aliphatic rings. The van der Waals surface area contributed by atoms with Crippen LogP contribution >= 0.6 is 23.1 Å². The van der Waals surface area contributed by atoms with Crippen LogP contribution in [-0.2, 0) is 11.3 Å². The molecule has 0 radical (unpaired) electrons. The monoisotopic (exact) mass is 453 g/mol. The molecule has 31 heavy (non-hydrogen) atoms. The van der Waals surface area contributed by atoms with Gasteiger partial charge in [-0.2, -0.15) is 0 Å². The van der Waals surface area contributed by atoms with E-state index in [0.717, 1.165) is 78.9 Å². The third-order valence-electron chi connectivity index (χ3n) is 5.92. The summed E-state index contributed by atoms with van der Waals surface area (Å²) < 4.78 is 6.98. The largest absolute Gasteiger partial charge is 0.377 e. The van der Waals surface area contributed by atoms with Gasteiger partial charge in [0.2, 0.25) is 0 Å². The number of piperazine rings is 1. The molecule has 3 heterocycles. The fraction of sp³-hybridized carbons (Fsp3) is 0.417. The van der Waals surface area contributed by atoms with Crippen molar-refractivity contribution in [1.29, 1.82) is 0 Å². The molecule has 0 spiro atoms. The molecule has 162 valence electrons. The quantitative estimate of drug-likeness (QED) is 0.514. The van der Waals surface area contributed by atoms with Crippen molar-refractivity contribution in [3.8, 4) is 0 Å². The number of para-hydroxylation sites is 1. The highest BCUT2D eigenvalue weighted by molar-refractivity contribution is 7.99. The summed E-state index contributed by atoms with van der Waals surface area (Å²) in [6, 6.07) is 16.3. The normalized spacial score (nSPS) is 19.9. The summed E-state index contributed by atoms with van der Waals surface area (Å²) in [6.45, 7) is 5.00. The Morgan fingerprint density at radius 1 is 1.10 bits per heavy atom. The number of thioether (sulfide) groups is 1. The molecule has 7 heteroatoms. The summed E-state index contributed by atoms with van der Waals surface area (Å²) in [7, 11) is 0. The lowest BCUT2D eigenvalue weighted by atomic mass is 10.2. The first-order chi connectivity index (χ1) is 15.3. The van der Waals surface area contributed by atoms with E-state index in [4.69, 9.17) is 9.72 Å². The molecule has 2 saturated heterocycles. The second-order valence-electron chi connectivity index (χ2n) is 8.09. The van der Waals surface area contributed by atoms with Crippen LogP contribution in [0.5, 0.6) is 0 Å². The van der Waals surface area contributed by atoms with E-state index in [0.29, 0.717) is 6.10 Å². The Balaban J connectivity index is 1.18. The lowest BCUT2D eigenvalue weighted by molar-refractivity contribution is 0.0625. The van der Waals surface area contributed by atoms with Crippen molar-refractivity contribution in [3.63, 3.8) is 0 Å². The number of hydrogen-bond donors (Lipinski definition) is 0. The van der Waals surface area contributed by atoms with E-state index in [-0.39, 0.29) is 5.91 Å². The average Bonchev–Trinajstić information content (AvgIpc) is 3.47. The van der Waals surface area contributed by atoms with E-state index >= 15 is 0 Å². The maximum absolute atomic E-state index is 13.3. The Kier molecular flexibility index (Phi) is 6.55. The predicted octanol–water partition coefficient (Wildman–Crippen LogP) is 4.53. The summed E-state index contributed by atoms with van der Waals surface area (Å²) in [5, 5.41) is 1.15. The van der Waals surface area contributed by atoms with Crippen LogP contribution in [0.25, 0.3) is 10.2 Å². The van der Waals surface area contributed by atoms with E-state index in [1.807, 2.05) is 29.2 Å². The number of aromatic nitrogens is 1. The number of carbonyl (C=O) groups excluding carboxylic acids is 1. The van der Waals surface area contributed by atoms with Crippen molar-refractivity contribution in [3.05, 3.63) is 59.1 Å². The van der Waals surface area contributed by atoms with E-state index in [9.17, 15) is 4.79 Å². The number of benzene rings is 2. The molecule has 1 unspecified atom stereocenters. The molecule has 1 atom stereocenters. The van der Waals surface area contributed by atoms with Crippen LogP contribution < -0.4 is 0 Å². The summed E-state index contributed by atoms with van der Waals surface area (Å²) in [4.78, 5) is 23.5. The highest BCUT2D eigenvalue weighted by Gasteiger charge is 2.25. The third kappa shape index (κ3) is 4.95. The van der Waals surface area contributed by atoms with E-state index in [1.165, 1.54) is 4.70 Å². The molecule has 2 fully saturated rings. The van der Waals surface area contributed by atoms with Crippen LogP contribution in [0, 0.1) is 0 Å². The highest BCUT2D eigenvalue weighted by atomic mass is 32.2. The maximum Gasteiger partial charge on any atom is 0.255 e. The maximum atomic E-state index is 13.3. The molecule has 0 saturated carbocycles. The summed E-state index contributed by atoms with van der Waals surface area (Å²) in [5.41, 5.74) is 1.90. The third-order valence-corrected chi connectivity index (χ3v) is 8.15. The van der Waals surface area contributed by atoms with Crippen LogP contribution in [0.4, 0.5) is 0 Å². The second-order valence-corrected chi connectivity index (χ2v) is 10.3. The van der Waals surface area contributed by atoms with Gasteiger partial charge in [-0.1, -0.05) is 24.3 Å². The molecule has 1 amide bonds. The first-order valence-electron chi connectivity index (χ1n) is 11.0. The molecular formula is C24H27N3O2S2.